The topological polar surface area (TPSA) is 58.6 Å². The lowest BCUT2D eigenvalue weighted by molar-refractivity contribution is -0.121. The fourth-order valence-corrected chi connectivity index (χ4v) is 1.88. The van der Waals surface area contributed by atoms with Crippen molar-refractivity contribution in [1.29, 1.82) is 0 Å². The number of ether oxygens (including phenoxy) is 1. The minimum absolute atomic E-state index is 0.0229. The number of rotatable bonds is 6. The van der Waals surface area contributed by atoms with Crippen molar-refractivity contribution in [2.75, 3.05) is 33.9 Å². The van der Waals surface area contributed by atoms with Crippen LogP contribution in [0.25, 0.3) is 0 Å². The van der Waals surface area contributed by atoms with Crippen molar-refractivity contribution in [2.45, 2.75) is 0 Å². The monoisotopic (exact) mass is 328 g/mol. The maximum atomic E-state index is 12.1. The number of halogens is 1. The minimum atomic E-state index is -0.206. The van der Waals surface area contributed by atoms with E-state index >= 15 is 0 Å². The van der Waals surface area contributed by atoms with Gasteiger partial charge in [0, 0.05) is 30.7 Å². The van der Waals surface area contributed by atoms with E-state index in [2.05, 4.69) is 21.2 Å². The van der Waals surface area contributed by atoms with Crippen LogP contribution < -0.4 is 5.32 Å². The first-order valence-electron chi connectivity index (χ1n) is 5.81. The van der Waals surface area contributed by atoms with Gasteiger partial charge in [-0.15, -0.1) is 0 Å². The Morgan fingerprint density at radius 1 is 1.42 bits per heavy atom. The standard InChI is InChI=1S/C13H17BrN2O3/c1-16(9-12(17)15-6-7-19-2)13(18)10-4-3-5-11(14)8-10/h3-5,8H,6-7,9H2,1-2H3,(H,15,17). The predicted molar refractivity (Wildman–Crippen MR) is 76.0 cm³/mol. The molecular formula is C13H17BrN2O3. The lowest BCUT2D eigenvalue weighted by Crippen LogP contribution is -2.39. The number of methoxy groups -OCH3 is 1. The highest BCUT2D eigenvalue weighted by atomic mass is 79.9. The number of carbonyl (C=O) groups excluding carboxylic acids is 2. The van der Waals surface area contributed by atoms with Crippen molar-refractivity contribution in [3.05, 3.63) is 34.3 Å². The first-order valence-corrected chi connectivity index (χ1v) is 6.60. The second-order valence-corrected chi connectivity index (χ2v) is 4.93. The van der Waals surface area contributed by atoms with Gasteiger partial charge in [-0.3, -0.25) is 9.59 Å². The molecule has 1 rings (SSSR count). The molecule has 0 fully saturated rings. The third-order valence-corrected chi connectivity index (χ3v) is 2.92. The number of benzene rings is 1. The molecule has 6 heteroatoms. The van der Waals surface area contributed by atoms with Gasteiger partial charge in [0.1, 0.15) is 0 Å². The quantitative estimate of drug-likeness (QED) is 0.800. The zero-order valence-corrected chi connectivity index (χ0v) is 12.6. The Morgan fingerprint density at radius 2 is 2.16 bits per heavy atom. The smallest absolute Gasteiger partial charge is 0.254 e. The molecule has 1 aromatic carbocycles. The molecule has 0 atom stereocenters. The summed E-state index contributed by atoms with van der Waals surface area (Å²) >= 11 is 3.31. The van der Waals surface area contributed by atoms with Gasteiger partial charge in [-0.2, -0.15) is 0 Å². The molecule has 0 heterocycles. The van der Waals surface area contributed by atoms with Crippen molar-refractivity contribution in [2.24, 2.45) is 0 Å². The molecule has 104 valence electrons. The number of amides is 2. The van der Waals surface area contributed by atoms with E-state index in [4.69, 9.17) is 4.74 Å². The van der Waals surface area contributed by atoms with E-state index in [0.29, 0.717) is 18.7 Å². The summed E-state index contributed by atoms with van der Waals surface area (Å²) in [4.78, 5) is 25.0. The van der Waals surface area contributed by atoms with Gasteiger partial charge in [0.2, 0.25) is 5.91 Å². The van der Waals surface area contributed by atoms with E-state index < -0.39 is 0 Å². The Morgan fingerprint density at radius 3 is 2.79 bits per heavy atom. The highest BCUT2D eigenvalue weighted by Gasteiger charge is 2.14. The summed E-state index contributed by atoms with van der Waals surface area (Å²) in [5.74, 6) is -0.397. The van der Waals surface area contributed by atoms with Crippen LogP contribution in [0.2, 0.25) is 0 Å². The summed E-state index contributed by atoms with van der Waals surface area (Å²) in [6.45, 7) is 0.915. The van der Waals surface area contributed by atoms with E-state index in [1.54, 1.807) is 32.4 Å². The third kappa shape index (κ3) is 5.40. The first-order chi connectivity index (χ1) is 9.04. The molecular weight excluding hydrogens is 312 g/mol. The van der Waals surface area contributed by atoms with E-state index in [-0.39, 0.29) is 18.4 Å². The van der Waals surface area contributed by atoms with Crippen LogP contribution in [-0.2, 0) is 9.53 Å². The normalized spacial score (nSPS) is 10.1. The number of hydrogen-bond donors (Lipinski definition) is 1. The molecule has 5 nitrogen and oxygen atoms in total. The molecule has 0 saturated heterocycles. The van der Waals surface area contributed by atoms with Crippen LogP contribution in [0.3, 0.4) is 0 Å². The fourth-order valence-electron chi connectivity index (χ4n) is 1.48. The molecule has 0 saturated carbocycles. The summed E-state index contributed by atoms with van der Waals surface area (Å²) in [7, 11) is 3.16. The molecule has 0 unspecified atom stereocenters. The SMILES string of the molecule is COCCNC(=O)CN(C)C(=O)c1cccc(Br)c1. The predicted octanol–water partition coefficient (Wildman–Crippen LogP) is 1.28. The number of carbonyl (C=O) groups is 2. The second kappa shape index (κ2) is 7.91. The Kier molecular flexibility index (Phi) is 6.52. The maximum Gasteiger partial charge on any atom is 0.254 e. The van der Waals surface area contributed by atoms with Crippen LogP contribution in [0, 0.1) is 0 Å². The van der Waals surface area contributed by atoms with Crippen LogP contribution in [0.15, 0.2) is 28.7 Å². The Hall–Kier alpha value is -1.40. The summed E-state index contributed by atoms with van der Waals surface area (Å²) in [5, 5.41) is 2.67. The number of likely N-dealkylation sites (N-methyl/N-ethyl adjacent to an activating group) is 1. The summed E-state index contributed by atoms with van der Waals surface area (Å²) in [5.41, 5.74) is 0.543. The summed E-state index contributed by atoms with van der Waals surface area (Å²) < 4.78 is 5.66. The van der Waals surface area contributed by atoms with Gasteiger partial charge in [-0.1, -0.05) is 22.0 Å². The van der Waals surface area contributed by atoms with E-state index in [0.717, 1.165) is 4.47 Å². The first kappa shape index (κ1) is 15.7. The third-order valence-electron chi connectivity index (χ3n) is 2.43. The van der Waals surface area contributed by atoms with E-state index in [1.807, 2.05) is 6.07 Å². The number of nitrogens with one attached hydrogen (secondary N) is 1. The second-order valence-electron chi connectivity index (χ2n) is 4.01. The number of hydrogen-bond acceptors (Lipinski definition) is 3. The van der Waals surface area contributed by atoms with Crippen LogP contribution in [0.1, 0.15) is 10.4 Å². The van der Waals surface area contributed by atoms with Crippen molar-refractivity contribution >= 4 is 27.7 Å². The largest absolute Gasteiger partial charge is 0.383 e. The zero-order valence-electron chi connectivity index (χ0n) is 11.0. The molecule has 1 aromatic rings. The van der Waals surface area contributed by atoms with Gasteiger partial charge in [-0.25, -0.2) is 0 Å². The summed E-state index contributed by atoms with van der Waals surface area (Å²) in [6, 6.07) is 7.06. The highest BCUT2D eigenvalue weighted by molar-refractivity contribution is 9.10. The molecule has 0 radical (unpaired) electrons. The van der Waals surface area contributed by atoms with Crippen molar-refractivity contribution in [3.8, 4) is 0 Å². The lowest BCUT2D eigenvalue weighted by Gasteiger charge is -2.17. The Labute approximate surface area is 121 Å². The molecule has 0 bridgehead atoms. The Balaban J connectivity index is 2.51. The highest BCUT2D eigenvalue weighted by Crippen LogP contribution is 2.12. The van der Waals surface area contributed by atoms with Crippen molar-refractivity contribution in [3.63, 3.8) is 0 Å². The molecule has 2 amide bonds. The molecule has 0 aliphatic rings. The average molecular weight is 329 g/mol. The van der Waals surface area contributed by atoms with Crippen LogP contribution in [0.4, 0.5) is 0 Å². The van der Waals surface area contributed by atoms with Gasteiger partial charge >= 0.3 is 0 Å². The Bertz CT molecular complexity index is 451. The van der Waals surface area contributed by atoms with E-state index in [9.17, 15) is 9.59 Å². The maximum absolute atomic E-state index is 12.1. The minimum Gasteiger partial charge on any atom is -0.383 e. The van der Waals surface area contributed by atoms with Crippen molar-refractivity contribution in [1.82, 2.24) is 10.2 Å². The summed E-state index contributed by atoms with van der Waals surface area (Å²) in [6.07, 6.45) is 0. The van der Waals surface area contributed by atoms with Gasteiger partial charge in [0.15, 0.2) is 0 Å². The van der Waals surface area contributed by atoms with Gasteiger partial charge in [0.25, 0.3) is 5.91 Å². The molecule has 19 heavy (non-hydrogen) atoms. The molecule has 1 N–H and O–H groups in total. The van der Waals surface area contributed by atoms with Crippen molar-refractivity contribution < 1.29 is 14.3 Å². The average Bonchev–Trinajstić information content (AvgIpc) is 2.38. The molecule has 0 aliphatic carbocycles. The van der Waals surface area contributed by atoms with Gasteiger partial charge in [0.05, 0.1) is 13.2 Å². The zero-order chi connectivity index (χ0) is 14.3. The van der Waals surface area contributed by atoms with E-state index in [1.165, 1.54) is 4.90 Å². The van der Waals surface area contributed by atoms with Crippen LogP contribution >= 0.6 is 15.9 Å². The molecule has 0 aromatic heterocycles. The lowest BCUT2D eigenvalue weighted by atomic mass is 10.2. The molecule has 0 spiro atoms. The van der Waals surface area contributed by atoms with Gasteiger partial charge in [-0.05, 0) is 18.2 Å². The van der Waals surface area contributed by atoms with Gasteiger partial charge < -0.3 is 15.0 Å². The fraction of sp³-hybridized carbons (Fsp3) is 0.385. The van der Waals surface area contributed by atoms with Crippen LogP contribution in [-0.4, -0.2) is 50.6 Å². The van der Waals surface area contributed by atoms with Crippen LogP contribution in [0.5, 0.6) is 0 Å². The number of nitrogens with zero attached hydrogens (tertiary/aromatic N) is 1. The molecule has 0 aliphatic heterocycles.